The van der Waals surface area contributed by atoms with Crippen molar-refractivity contribution in [2.75, 3.05) is 13.0 Å². The van der Waals surface area contributed by atoms with Crippen molar-refractivity contribution in [3.63, 3.8) is 0 Å². The normalized spacial score (nSPS) is 34.1. The molecule has 2 nitrogen and oxygen atoms in total. The molecule has 0 amide bonds. The van der Waals surface area contributed by atoms with Gasteiger partial charge in [-0.05, 0) is 38.1 Å². The van der Waals surface area contributed by atoms with Gasteiger partial charge in [0.2, 0.25) is 0 Å². The topological polar surface area (TPSA) is 20.3 Å². The number of ketones is 1. The second kappa shape index (κ2) is 7.66. The molecule has 0 bridgehead atoms. The van der Waals surface area contributed by atoms with Gasteiger partial charge >= 0.3 is 0 Å². The Morgan fingerprint density at radius 3 is 2.37 bits per heavy atom. The van der Waals surface area contributed by atoms with Gasteiger partial charge in [-0.2, -0.15) is 0 Å². The Balaban J connectivity index is 0.00000364. The number of hydrogen-bond acceptors (Lipinski definition) is 2. The van der Waals surface area contributed by atoms with Crippen LogP contribution in [0.2, 0.25) is 0 Å². The molecule has 1 aromatic rings. The number of nitrogens with zero attached hydrogens (tertiary/aromatic N) is 1. The lowest BCUT2D eigenvalue weighted by Gasteiger charge is -2.27. The summed E-state index contributed by atoms with van der Waals surface area (Å²) >= 11 is 0. The molecule has 1 aromatic carbocycles. The van der Waals surface area contributed by atoms with Crippen LogP contribution >= 0.6 is 12.4 Å². The van der Waals surface area contributed by atoms with Crippen LogP contribution in [0.15, 0.2) is 30.3 Å². The second-order valence-corrected chi connectivity index (χ2v) is 4.72. The minimum Gasteiger partial charge on any atom is -0.293 e. The van der Waals surface area contributed by atoms with Gasteiger partial charge < -0.3 is 0 Å². The largest absolute Gasteiger partial charge is 0.293 e. The fraction of sp³-hybridized carbons (Fsp3) is 0.562. The molecule has 0 aliphatic carbocycles. The Morgan fingerprint density at radius 2 is 1.84 bits per heavy atom. The SMILES string of the molecule is Cl.[2H]C1([2H])N(C(CC(C)C)C(=O)c2ccccc2)C([2H])([2H])C([2H])([2H])C1([2H])[2H]. The van der Waals surface area contributed by atoms with Gasteiger partial charge in [0, 0.05) is 16.5 Å². The Hall–Kier alpha value is -0.860. The molecule has 1 aliphatic rings. The molecule has 1 atom stereocenters. The molecule has 3 heteroatoms. The molecule has 0 aromatic heterocycles. The number of Topliss-reactive ketones (excluding diaryl/α,β-unsaturated/α-hetero) is 1. The molecular weight excluding hydrogens is 258 g/mol. The molecule has 0 saturated carbocycles. The van der Waals surface area contributed by atoms with Crippen molar-refractivity contribution in [1.82, 2.24) is 4.90 Å². The van der Waals surface area contributed by atoms with E-state index in [4.69, 9.17) is 11.0 Å². The summed E-state index contributed by atoms with van der Waals surface area (Å²) in [7, 11) is 0. The molecule has 19 heavy (non-hydrogen) atoms. The first-order valence-electron chi connectivity index (χ1n) is 10.1. The van der Waals surface area contributed by atoms with Crippen LogP contribution in [0.4, 0.5) is 0 Å². The molecule has 1 fully saturated rings. The Morgan fingerprint density at radius 1 is 1.26 bits per heavy atom. The van der Waals surface area contributed by atoms with Gasteiger partial charge in [0.25, 0.3) is 0 Å². The van der Waals surface area contributed by atoms with Crippen molar-refractivity contribution in [3.8, 4) is 0 Å². The third-order valence-electron chi connectivity index (χ3n) is 2.78. The van der Waals surface area contributed by atoms with E-state index >= 15 is 0 Å². The number of carbonyl (C=O) groups is 1. The Labute approximate surface area is 133 Å². The first-order valence-corrected chi connectivity index (χ1v) is 6.08. The number of halogens is 1. The van der Waals surface area contributed by atoms with E-state index in [1.54, 1.807) is 32.0 Å². The van der Waals surface area contributed by atoms with Crippen LogP contribution in [-0.4, -0.2) is 29.7 Å². The molecule has 1 saturated heterocycles. The predicted molar refractivity (Wildman–Crippen MR) is 82.1 cm³/mol. The molecule has 1 heterocycles. The van der Waals surface area contributed by atoms with E-state index in [1.807, 2.05) is 0 Å². The lowest BCUT2D eigenvalue weighted by molar-refractivity contribution is 0.0822. The number of carbonyl (C=O) groups excluding carboxylic acids is 1. The summed E-state index contributed by atoms with van der Waals surface area (Å²) in [4.78, 5) is 13.5. The van der Waals surface area contributed by atoms with Crippen molar-refractivity contribution in [1.29, 1.82) is 0 Å². The average molecular weight is 290 g/mol. The Bertz CT molecular complexity index is 654. The summed E-state index contributed by atoms with van der Waals surface area (Å²) in [5.74, 6) is -0.669. The number of rotatable bonds is 5. The van der Waals surface area contributed by atoms with E-state index < -0.39 is 37.6 Å². The first kappa shape index (κ1) is 7.80. The number of benzene rings is 1. The Kier molecular flexibility index (Phi) is 3.15. The van der Waals surface area contributed by atoms with Gasteiger partial charge in [-0.15, -0.1) is 12.4 Å². The molecular formula is C16H24ClNO. The van der Waals surface area contributed by atoms with Gasteiger partial charge in [0.05, 0.1) is 6.04 Å². The lowest BCUT2D eigenvalue weighted by atomic mass is 9.95. The van der Waals surface area contributed by atoms with Crippen LogP contribution in [0.3, 0.4) is 0 Å². The van der Waals surface area contributed by atoms with E-state index in [1.165, 1.54) is 12.1 Å². The zero-order chi connectivity index (χ0) is 20.1. The fourth-order valence-electron chi connectivity index (χ4n) is 1.93. The third-order valence-corrected chi connectivity index (χ3v) is 2.78. The highest BCUT2D eigenvalue weighted by Gasteiger charge is 2.29. The lowest BCUT2D eigenvalue weighted by Crippen LogP contribution is -2.40. The summed E-state index contributed by atoms with van der Waals surface area (Å²) in [5, 5.41) is 0. The van der Waals surface area contributed by atoms with E-state index in [-0.39, 0.29) is 30.3 Å². The van der Waals surface area contributed by atoms with Crippen LogP contribution in [0, 0.1) is 5.92 Å². The van der Waals surface area contributed by atoms with E-state index in [0.29, 0.717) is 4.90 Å². The maximum Gasteiger partial charge on any atom is 0.179 e. The van der Waals surface area contributed by atoms with E-state index in [0.717, 1.165) is 0 Å². The monoisotopic (exact) mass is 289 g/mol. The zero-order valence-corrected chi connectivity index (χ0v) is 11.8. The van der Waals surface area contributed by atoms with Gasteiger partial charge in [-0.3, -0.25) is 9.69 Å². The van der Waals surface area contributed by atoms with Crippen LogP contribution in [0.5, 0.6) is 0 Å². The molecule has 0 radical (unpaired) electrons. The zero-order valence-electron chi connectivity index (χ0n) is 19.0. The molecule has 0 N–H and O–H groups in total. The molecule has 0 spiro atoms. The number of likely N-dealkylation sites (tertiary alicyclic amines) is 1. The maximum atomic E-state index is 13.0. The van der Waals surface area contributed by atoms with Crippen molar-refractivity contribution in [3.05, 3.63) is 35.9 Å². The summed E-state index contributed by atoms with van der Waals surface area (Å²) < 4.78 is 64.4. The summed E-state index contributed by atoms with van der Waals surface area (Å²) in [6, 6.07) is 6.69. The molecule has 1 unspecified atom stereocenters. The summed E-state index contributed by atoms with van der Waals surface area (Å²) in [6.07, 6.45) is -6.22. The van der Waals surface area contributed by atoms with Crippen molar-refractivity contribution >= 4 is 18.2 Å². The molecule has 2 rings (SSSR count). The highest BCUT2D eigenvalue weighted by atomic mass is 35.5. The van der Waals surface area contributed by atoms with Crippen LogP contribution in [0.1, 0.15) is 54.3 Å². The maximum absolute atomic E-state index is 13.0. The van der Waals surface area contributed by atoms with E-state index in [2.05, 4.69) is 0 Å². The van der Waals surface area contributed by atoms with Crippen molar-refractivity contribution < 1.29 is 15.8 Å². The third kappa shape index (κ3) is 4.32. The number of hydrogen-bond donors (Lipinski definition) is 0. The molecule has 106 valence electrons. The summed E-state index contributed by atoms with van der Waals surface area (Å²) in [5.41, 5.74) is 0.248. The summed E-state index contributed by atoms with van der Waals surface area (Å²) in [6.45, 7) is -2.44. The minimum atomic E-state index is -3.14. The van der Waals surface area contributed by atoms with Gasteiger partial charge in [0.15, 0.2) is 5.78 Å². The van der Waals surface area contributed by atoms with Crippen molar-refractivity contribution in [2.24, 2.45) is 5.92 Å². The van der Waals surface area contributed by atoms with Crippen LogP contribution in [-0.2, 0) is 0 Å². The standard InChI is InChI=1S/C16H23NO.ClH/c1-13(2)12-15(17-10-6-7-11-17)16(18)14-8-4-3-5-9-14;/h3-5,8-9,13,15H,6-7,10-12H2,1-2H3;1H/i6D2,7D2,10D2,11D2;. The smallest absolute Gasteiger partial charge is 0.179 e. The highest BCUT2D eigenvalue weighted by molar-refractivity contribution is 6.00. The van der Waals surface area contributed by atoms with Gasteiger partial charge in [-0.25, -0.2) is 0 Å². The van der Waals surface area contributed by atoms with Crippen LogP contribution in [0.25, 0.3) is 0 Å². The molecule has 1 aliphatic heterocycles. The average Bonchev–Trinajstić information content (AvgIpc) is 2.59. The first-order chi connectivity index (χ1) is 11.7. The minimum absolute atomic E-state index is 0. The predicted octanol–water partition coefficient (Wildman–Crippen LogP) is 3.80. The van der Waals surface area contributed by atoms with Crippen LogP contribution < -0.4 is 0 Å². The fourth-order valence-corrected chi connectivity index (χ4v) is 1.93. The van der Waals surface area contributed by atoms with Gasteiger partial charge in [-0.1, -0.05) is 44.2 Å². The highest BCUT2D eigenvalue weighted by Crippen LogP contribution is 2.21. The van der Waals surface area contributed by atoms with Crippen molar-refractivity contribution in [2.45, 2.75) is 39.1 Å². The van der Waals surface area contributed by atoms with E-state index in [9.17, 15) is 4.79 Å². The quantitative estimate of drug-likeness (QED) is 0.769. The van der Waals surface area contributed by atoms with Gasteiger partial charge in [0.1, 0.15) is 0 Å². The second-order valence-electron chi connectivity index (χ2n) is 4.72.